The number of aryl methyl sites for hydroxylation is 4. The lowest BCUT2D eigenvalue weighted by Crippen LogP contribution is -2.29. The minimum Gasteiger partial charge on any atom is -0.455 e. The lowest BCUT2D eigenvalue weighted by molar-refractivity contribution is -0.151. The van der Waals surface area contributed by atoms with Gasteiger partial charge in [-0.3, -0.25) is 14.4 Å². The van der Waals surface area contributed by atoms with Crippen LogP contribution in [0.5, 0.6) is 0 Å². The van der Waals surface area contributed by atoms with E-state index in [1.807, 2.05) is 64.1 Å². The van der Waals surface area contributed by atoms with Gasteiger partial charge in [-0.05, 0) is 56.0 Å². The number of rotatable bonds is 5. The van der Waals surface area contributed by atoms with Gasteiger partial charge in [-0.2, -0.15) is 0 Å². The third kappa shape index (κ3) is 4.65. The average Bonchev–Trinajstić information content (AvgIpc) is 3.04. The van der Waals surface area contributed by atoms with E-state index in [9.17, 15) is 14.4 Å². The lowest BCUT2D eigenvalue weighted by atomic mass is 10.1. The van der Waals surface area contributed by atoms with Crippen molar-refractivity contribution in [1.82, 2.24) is 0 Å². The number of hydrogen-bond acceptors (Lipinski definition) is 4. The largest absolute Gasteiger partial charge is 0.455 e. The molecule has 0 unspecified atom stereocenters. The monoisotopic (exact) mass is 394 g/mol. The molecule has 6 heteroatoms. The van der Waals surface area contributed by atoms with Gasteiger partial charge in [0.1, 0.15) is 0 Å². The molecule has 1 heterocycles. The molecule has 0 radical (unpaired) electrons. The summed E-state index contributed by atoms with van der Waals surface area (Å²) in [6, 6.07) is 11.6. The van der Waals surface area contributed by atoms with Crippen molar-refractivity contribution in [3.63, 3.8) is 0 Å². The van der Waals surface area contributed by atoms with E-state index < -0.39 is 17.8 Å². The number of benzene rings is 2. The Morgan fingerprint density at radius 3 is 2.45 bits per heavy atom. The van der Waals surface area contributed by atoms with Gasteiger partial charge in [0.25, 0.3) is 5.91 Å². The van der Waals surface area contributed by atoms with Crippen LogP contribution >= 0.6 is 0 Å². The number of amides is 2. The highest BCUT2D eigenvalue weighted by atomic mass is 16.5. The predicted molar refractivity (Wildman–Crippen MR) is 112 cm³/mol. The molecule has 2 aromatic rings. The second-order valence-electron chi connectivity index (χ2n) is 7.62. The number of ether oxygens (including phenoxy) is 1. The smallest absolute Gasteiger partial charge is 0.311 e. The molecule has 152 valence electrons. The fraction of sp³-hybridized carbons (Fsp3) is 0.348. The topological polar surface area (TPSA) is 75.7 Å². The average molecular weight is 394 g/mol. The first-order valence-electron chi connectivity index (χ1n) is 9.66. The number of carbonyl (C=O) groups excluding carboxylic acids is 3. The zero-order valence-electron chi connectivity index (χ0n) is 17.2. The Labute approximate surface area is 170 Å². The minimum atomic E-state index is -0.574. The van der Waals surface area contributed by atoms with E-state index in [1.165, 1.54) is 0 Å². The van der Waals surface area contributed by atoms with E-state index in [1.54, 1.807) is 4.90 Å². The van der Waals surface area contributed by atoms with Gasteiger partial charge < -0.3 is 15.0 Å². The van der Waals surface area contributed by atoms with Crippen molar-refractivity contribution in [2.24, 2.45) is 5.92 Å². The molecule has 1 atom stereocenters. The van der Waals surface area contributed by atoms with Crippen molar-refractivity contribution in [3.8, 4) is 0 Å². The number of anilines is 2. The highest BCUT2D eigenvalue weighted by molar-refractivity contribution is 6.01. The van der Waals surface area contributed by atoms with Crippen LogP contribution in [0.3, 0.4) is 0 Å². The van der Waals surface area contributed by atoms with Gasteiger partial charge in [0, 0.05) is 24.3 Å². The van der Waals surface area contributed by atoms with E-state index in [-0.39, 0.29) is 25.5 Å². The van der Waals surface area contributed by atoms with Crippen LogP contribution < -0.4 is 10.2 Å². The van der Waals surface area contributed by atoms with Crippen LogP contribution in [-0.2, 0) is 19.1 Å². The SMILES string of the molecule is Cc1ccc(C)c(NC(=O)COC(=O)[C@H]2CC(=O)N(c3c(C)cccc3C)C2)c1. The summed E-state index contributed by atoms with van der Waals surface area (Å²) in [6.07, 6.45) is 0.0885. The number of nitrogens with one attached hydrogen (secondary N) is 1. The lowest BCUT2D eigenvalue weighted by Gasteiger charge is -2.21. The van der Waals surface area contributed by atoms with Crippen LogP contribution in [0.1, 0.15) is 28.7 Å². The molecule has 1 fully saturated rings. The summed E-state index contributed by atoms with van der Waals surface area (Å²) in [5.41, 5.74) is 5.48. The number of nitrogens with zero attached hydrogens (tertiary/aromatic N) is 1. The molecule has 0 saturated carbocycles. The van der Waals surface area contributed by atoms with Crippen LogP contribution in [-0.4, -0.2) is 30.9 Å². The standard InChI is InChI=1S/C23H26N2O4/c1-14-8-9-15(2)19(10-14)24-20(26)13-29-23(28)18-11-21(27)25(12-18)22-16(3)6-5-7-17(22)4/h5-10,18H,11-13H2,1-4H3,(H,24,26)/t18-/m0/s1. The molecule has 6 nitrogen and oxygen atoms in total. The molecule has 1 aliphatic heterocycles. The normalized spacial score (nSPS) is 16.1. The fourth-order valence-corrected chi connectivity index (χ4v) is 3.62. The quantitative estimate of drug-likeness (QED) is 0.788. The molecule has 0 bridgehead atoms. The summed E-state index contributed by atoms with van der Waals surface area (Å²) >= 11 is 0. The fourth-order valence-electron chi connectivity index (χ4n) is 3.62. The number of esters is 1. The molecule has 0 aliphatic carbocycles. The predicted octanol–water partition coefficient (Wildman–Crippen LogP) is 3.46. The molecule has 1 N–H and O–H groups in total. The molecule has 0 aromatic heterocycles. The van der Waals surface area contributed by atoms with Crippen molar-refractivity contribution in [1.29, 1.82) is 0 Å². The van der Waals surface area contributed by atoms with Gasteiger partial charge in [0.05, 0.1) is 5.92 Å². The van der Waals surface area contributed by atoms with Crippen LogP contribution in [0.15, 0.2) is 36.4 Å². The van der Waals surface area contributed by atoms with E-state index >= 15 is 0 Å². The zero-order chi connectivity index (χ0) is 21.1. The molecule has 2 amide bonds. The summed E-state index contributed by atoms with van der Waals surface area (Å²) in [6.45, 7) is 7.61. The summed E-state index contributed by atoms with van der Waals surface area (Å²) < 4.78 is 5.19. The van der Waals surface area contributed by atoms with E-state index in [2.05, 4.69) is 5.32 Å². The van der Waals surface area contributed by atoms with E-state index in [0.717, 1.165) is 27.9 Å². The maximum atomic E-state index is 12.5. The molecule has 1 aliphatic rings. The first kappa shape index (κ1) is 20.6. The Hall–Kier alpha value is -3.15. The summed E-state index contributed by atoms with van der Waals surface area (Å²) in [5, 5.41) is 2.76. The molecule has 0 spiro atoms. The van der Waals surface area contributed by atoms with E-state index in [4.69, 9.17) is 4.74 Å². The van der Waals surface area contributed by atoms with Crippen LogP contribution in [0.25, 0.3) is 0 Å². The van der Waals surface area contributed by atoms with Gasteiger partial charge in [-0.15, -0.1) is 0 Å². The molecule has 29 heavy (non-hydrogen) atoms. The third-order valence-corrected chi connectivity index (χ3v) is 5.18. The van der Waals surface area contributed by atoms with Crippen molar-refractivity contribution < 1.29 is 19.1 Å². The van der Waals surface area contributed by atoms with Crippen LogP contribution in [0, 0.1) is 33.6 Å². The van der Waals surface area contributed by atoms with Crippen molar-refractivity contribution in [2.45, 2.75) is 34.1 Å². The second kappa shape index (κ2) is 8.47. The Kier molecular flexibility index (Phi) is 6.01. The van der Waals surface area contributed by atoms with Gasteiger partial charge in [0.2, 0.25) is 5.91 Å². The molecular formula is C23H26N2O4. The Balaban J connectivity index is 1.58. The summed E-state index contributed by atoms with van der Waals surface area (Å²) in [7, 11) is 0. The summed E-state index contributed by atoms with van der Waals surface area (Å²) in [5.74, 6) is -1.61. The Morgan fingerprint density at radius 1 is 1.07 bits per heavy atom. The number of hydrogen-bond donors (Lipinski definition) is 1. The van der Waals surface area contributed by atoms with Crippen molar-refractivity contribution in [2.75, 3.05) is 23.4 Å². The van der Waals surface area contributed by atoms with Gasteiger partial charge in [0.15, 0.2) is 6.61 Å². The van der Waals surface area contributed by atoms with Gasteiger partial charge >= 0.3 is 5.97 Å². The molecule has 3 rings (SSSR count). The zero-order valence-corrected chi connectivity index (χ0v) is 17.2. The first-order valence-corrected chi connectivity index (χ1v) is 9.66. The Morgan fingerprint density at radius 2 is 1.76 bits per heavy atom. The minimum absolute atomic E-state index is 0.0885. The maximum Gasteiger partial charge on any atom is 0.311 e. The number of para-hydroxylation sites is 1. The van der Waals surface area contributed by atoms with Crippen LogP contribution in [0.2, 0.25) is 0 Å². The van der Waals surface area contributed by atoms with Crippen molar-refractivity contribution in [3.05, 3.63) is 58.7 Å². The van der Waals surface area contributed by atoms with Gasteiger partial charge in [-0.1, -0.05) is 30.3 Å². The highest BCUT2D eigenvalue weighted by Crippen LogP contribution is 2.31. The summed E-state index contributed by atoms with van der Waals surface area (Å²) in [4.78, 5) is 38.7. The first-order chi connectivity index (χ1) is 13.8. The molecule has 2 aromatic carbocycles. The van der Waals surface area contributed by atoms with Gasteiger partial charge in [-0.25, -0.2) is 0 Å². The third-order valence-electron chi connectivity index (χ3n) is 5.18. The number of carbonyl (C=O) groups is 3. The van der Waals surface area contributed by atoms with E-state index in [0.29, 0.717) is 5.69 Å². The molecular weight excluding hydrogens is 368 g/mol. The second-order valence-corrected chi connectivity index (χ2v) is 7.62. The maximum absolute atomic E-state index is 12.5. The Bertz CT molecular complexity index is 947. The molecule has 1 saturated heterocycles. The highest BCUT2D eigenvalue weighted by Gasteiger charge is 2.37. The van der Waals surface area contributed by atoms with Crippen molar-refractivity contribution >= 4 is 29.2 Å². The van der Waals surface area contributed by atoms with Crippen LogP contribution in [0.4, 0.5) is 11.4 Å².